The molecule has 1 heterocycles. The van der Waals surface area contributed by atoms with E-state index in [0.29, 0.717) is 6.10 Å². The first-order valence-electron chi connectivity index (χ1n) is 6.03. The fraction of sp³-hybridized carbons (Fsp3) is 0.667. The number of halogens is 1. The summed E-state index contributed by atoms with van der Waals surface area (Å²) < 4.78 is 6.74. The lowest BCUT2D eigenvalue weighted by atomic mass is 9.77. The fourth-order valence-electron chi connectivity index (χ4n) is 2.40. The molecule has 1 atom stereocenters. The van der Waals surface area contributed by atoms with Crippen LogP contribution < -0.4 is 11.3 Å². The Hall–Kier alpha value is 0.0600. The van der Waals surface area contributed by atoms with E-state index >= 15 is 0 Å². The first-order valence-corrected chi connectivity index (χ1v) is 7.77. The summed E-state index contributed by atoms with van der Waals surface area (Å²) in [5.74, 6) is 6.39. The van der Waals surface area contributed by atoms with Crippen molar-refractivity contribution in [3.05, 3.63) is 20.8 Å². The highest BCUT2D eigenvalue weighted by Gasteiger charge is 2.32. The molecule has 0 amide bonds. The Labute approximate surface area is 115 Å². The zero-order chi connectivity index (χ0) is 12.3. The average Bonchev–Trinajstić information content (AvgIpc) is 2.68. The van der Waals surface area contributed by atoms with Crippen molar-refractivity contribution in [3.63, 3.8) is 0 Å². The van der Waals surface area contributed by atoms with Crippen LogP contribution in [0.4, 0.5) is 0 Å². The maximum absolute atomic E-state index is 5.66. The Bertz CT molecular complexity index is 352. The van der Waals surface area contributed by atoms with Gasteiger partial charge in [-0.1, -0.05) is 0 Å². The van der Waals surface area contributed by atoms with E-state index in [1.54, 1.807) is 11.3 Å². The van der Waals surface area contributed by atoms with Crippen LogP contribution in [-0.2, 0) is 4.74 Å². The maximum atomic E-state index is 5.66. The number of nitrogens with two attached hydrogens (primary N) is 1. The number of hydrogen-bond donors (Lipinski definition) is 2. The van der Waals surface area contributed by atoms with Crippen LogP contribution in [0.2, 0.25) is 0 Å². The first kappa shape index (κ1) is 13.5. The molecule has 3 nitrogen and oxygen atoms in total. The molecule has 1 aromatic heterocycles. The second-order valence-corrected chi connectivity index (χ2v) is 6.14. The van der Waals surface area contributed by atoms with Gasteiger partial charge in [-0.2, -0.15) is 11.3 Å². The summed E-state index contributed by atoms with van der Waals surface area (Å²) in [6, 6.07) is 0.253. The SMILES string of the molecule is CCOC1CC(CC(NN)c2cscc2Br)C1. The van der Waals surface area contributed by atoms with Gasteiger partial charge in [-0.3, -0.25) is 11.3 Å². The van der Waals surface area contributed by atoms with Gasteiger partial charge in [-0.15, -0.1) is 0 Å². The molecule has 0 bridgehead atoms. The number of ether oxygens (including phenoxy) is 1. The molecule has 0 spiro atoms. The van der Waals surface area contributed by atoms with Crippen LogP contribution in [0, 0.1) is 5.92 Å². The number of nitrogens with one attached hydrogen (secondary N) is 1. The predicted molar refractivity (Wildman–Crippen MR) is 74.8 cm³/mol. The van der Waals surface area contributed by atoms with Crippen molar-refractivity contribution in [2.45, 2.75) is 38.3 Å². The Morgan fingerprint density at radius 2 is 2.35 bits per heavy atom. The fourth-order valence-corrected chi connectivity index (χ4v) is 4.02. The van der Waals surface area contributed by atoms with E-state index in [1.807, 2.05) is 0 Å². The maximum Gasteiger partial charge on any atom is 0.0580 e. The van der Waals surface area contributed by atoms with Crippen LogP contribution in [0.5, 0.6) is 0 Å². The van der Waals surface area contributed by atoms with Gasteiger partial charge in [0, 0.05) is 22.5 Å². The monoisotopic (exact) mass is 318 g/mol. The van der Waals surface area contributed by atoms with Crippen molar-refractivity contribution < 1.29 is 4.74 Å². The highest BCUT2D eigenvalue weighted by molar-refractivity contribution is 9.10. The molecule has 1 aliphatic carbocycles. The molecular formula is C12H19BrN2OS. The van der Waals surface area contributed by atoms with Crippen molar-refractivity contribution in [3.8, 4) is 0 Å². The van der Waals surface area contributed by atoms with Crippen molar-refractivity contribution in [2.24, 2.45) is 11.8 Å². The molecule has 1 fully saturated rings. The molecule has 1 aliphatic rings. The van der Waals surface area contributed by atoms with Gasteiger partial charge >= 0.3 is 0 Å². The minimum Gasteiger partial charge on any atom is -0.378 e. The quantitative estimate of drug-likeness (QED) is 0.625. The molecule has 17 heavy (non-hydrogen) atoms. The molecule has 0 radical (unpaired) electrons. The first-order chi connectivity index (χ1) is 8.24. The lowest BCUT2D eigenvalue weighted by Crippen LogP contribution is -2.36. The van der Waals surface area contributed by atoms with E-state index in [1.165, 1.54) is 18.4 Å². The van der Waals surface area contributed by atoms with Crippen LogP contribution in [-0.4, -0.2) is 12.7 Å². The summed E-state index contributed by atoms with van der Waals surface area (Å²) >= 11 is 5.27. The van der Waals surface area contributed by atoms with Crippen molar-refractivity contribution >= 4 is 27.3 Å². The van der Waals surface area contributed by atoms with Gasteiger partial charge in [0.25, 0.3) is 0 Å². The van der Waals surface area contributed by atoms with E-state index < -0.39 is 0 Å². The highest BCUT2D eigenvalue weighted by atomic mass is 79.9. The molecule has 1 saturated carbocycles. The van der Waals surface area contributed by atoms with Crippen molar-refractivity contribution in [1.29, 1.82) is 0 Å². The minimum atomic E-state index is 0.253. The third-order valence-corrected chi connectivity index (χ3v) is 5.13. The summed E-state index contributed by atoms with van der Waals surface area (Å²) in [5, 5.41) is 4.26. The molecule has 0 aliphatic heterocycles. The second-order valence-electron chi connectivity index (χ2n) is 4.54. The molecule has 2 rings (SSSR count). The molecule has 0 saturated heterocycles. The minimum absolute atomic E-state index is 0.253. The number of thiophene rings is 1. The summed E-state index contributed by atoms with van der Waals surface area (Å²) in [7, 11) is 0. The molecular weight excluding hydrogens is 300 g/mol. The van der Waals surface area contributed by atoms with Gasteiger partial charge in [0.2, 0.25) is 0 Å². The zero-order valence-electron chi connectivity index (χ0n) is 9.99. The van der Waals surface area contributed by atoms with Gasteiger partial charge in [0.1, 0.15) is 0 Å². The third kappa shape index (κ3) is 3.29. The molecule has 1 aromatic rings. The molecule has 96 valence electrons. The standard InChI is InChI=1S/C12H19BrN2OS/c1-2-16-9-3-8(4-9)5-12(15-14)10-6-17-7-11(10)13/h6-9,12,15H,2-5,14H2,1H3. The summed E-state index contributed by atoms with van der Waals surface area (Å²) in [4.78, 5) is 0. The van der Waals surface area contributed by atoms with Gasteiger partial charge in [-0.05, 0) is 59.0 Å². The number of hydrogen-bond acceptors (Lipinski definition) is 4. The number of hydrazine groups is 1. The Morgan fingerprint density at radius 1 is 1.59 bits per heavy atom. The topological polar surface area (TPSA) is 47.3 Å². The Morgan fingerprint density at radius 3 is 2.88 bits per heavy atom. The van der Waals surface area contributed by atoms with E-state index in [-0.39, 0.29) is 6.04 Å². The normalized spacial score (nSPS) is 25.6. The summed E-state index contributed by atoms with van der Waals surface area (Å²) in [6.45, 7) is 2.88. The van der Waals surface area contributed by atoms with E-state index in [2.05, 4.69) is 39.0 Å². The van der Waals surface area contributed by atoms with Gasteiger partial charge in [0.05, 0.1) is 6.10 Å². The summed E-state index contributed by atoms with van der Waals surface area (Å²) in [5.41, 5.74) is 4.20. The van der Waals surface area contributed by atoms with Crippen molar-refractivity contribution in [2.75, 3.05) is 6.61 Å². The van der Waals surface area contributed by atoms with E-state index in [4.69, 9.17) is 10.6 Å². The highest BCUT2D eigenvalue weighted by Crippen LogP contribution is 2.38. The van der Waals surface area contributed by atoms with Crippen LogP contribution in [0.15, 0.2) is 15.2 Å². The molecule has 5 heteroatoms. The lowest BCUT2D eigenvalue weighted by molar-refractivity contribution is -0.0291. The molecule has 3 N–H and O–H groups in total. The third-order valence-electron chi connectivity index (χ3n) is 3.38. The predicted octanol–water partition coefficient (Wildman–Crippen LogP) is 3.22. The average molecular weight is 319 g/mol. The van der Waals surface area contributed by atoms with E-state index in [0.717, 1.165) is 23.4 Å². The van der Waals surface area contributed by atoms with Crippen LogP contribution >= 0.6 is 27.3 Å². The van der Waals surface area contributed by atoms with Crippen LogP contribution in [0.3, 0.4) is 0 Å². The molecule has 0 aromatic carbocycles. The summed E-state index contributed by atoms with van der Waals surface area (Å²) in [6.07, 6.45) is 3.92. The number of rotatable bonds is 6. The van der Waals surface area contributed by atoms with Gasteiger partial charge in [0.15, 0.2) is 0 Å². The Kier molecular flexibility index (Phi) is 4.99. The van der Waals surface area contributed by atoms with Gasteiger partial charge in [-0.25, -0.2) is 0 Å². The second kappa shape index (κ2) is 6.29. The molecule has 1 unspecified atom stereocenters. The largest absolute Gasteiger partial charge is 0.378 e. The van der Waals surface area contributed by atoms with Crippen LogP contribution in [0.1, 0.15) is 37.8 Å². The zero-order valence-corrected chi connectivity index (χ0v) is 12.4. The van der Waals surface area contributed by atoms with Crippen LogP contribution in [0.25, 0.3) is 0 Å². The van der Waals surface area contributed by atoms with Gasteiger partial charge < -0.3 is 4.74 Å². The smallest absolute Gasteiger partial charge is 0.0580 e. The lowest BCUT2D eigenvalue weighted by Gasteiger charge is -2.36. The Balaban J connectivity index is 1.84. The van der Waals surface area contributed by atoms with E-state index in [9.17, 15) is 0 Å². The van der Waals surface area contributed by atoms with Crippen molar-refractivity contribution in [1.82, 2.24) is 5.43 Å².